The third-order valence-electron chi connectivity index (χ3n) is 4.13. The van der Waals surface area contributed by atoms with Gasteiger partial charge in [-0.3, -0.25) is 19.3 Å². The molecule has 0 saturated carbocycles. The van der Waals surface area contributed by atoms with Crippen molar-refractivity contribution in [1.82, 2.24) is 9.80 Å². The van der Waals surface area contributed by atoms with E-state index in [1.165, 1.54) is 4.90 Å². The molecular weight excluding hydrogens is 268 g/mol. The standard InChI is InChI=1S/C16H18N2O3/c1-11-4-5-12-13(10-11)16(21)18(15(12)20)9-6-14(19)17-7-2-3-8-17/h4-5,10H,2-3,6-9H2,1H3. The molecule has 3 rings (SSSR count). The van der Waals surface area contributed by atoms with Crippen LogP contribution >= 0.6 is 0 Å². The molecule has 110 valence electrons. The zero-order chi connectivity index (χ0) is 15.0. The Morgan fingerprint density at radius 2 is 1.76 bits per heavy atom. The van der Waals surface area contributed by atoms with Gasteiger partial charge in [-0.05, 0) is 31.9 Å². The van der Waals surface area contributed by atoms with Crippen molar-refractivity contribution in [2.24, 2.45) is 0 Å². The van der Waals surface area contributed by atoms with Crippen LogP contribution < -0.4 is 0 Å². The number of carbonyl (C=O) groups excluding carboxylic acids is 3. The third-order valence-corrected chi connectivity index (χ3v) is 4.13. The average molecular weight is 286 g/mol. The normalized spacial score (nSPS) is 17.6. The molecule has 0 bridgehead atoms. The number of aryl methyl sites for hydroxylation is 1. The molecule has 0 spiro atoms. The van der Waals surface area contributed by atoms with Gasteiger partial charge in [0.05, 0.1) is 11.1 Å². The summed E-state index contributed by atoms with van der Waals surface area (Å²) < 4.78 is 0. The van der Waals surface area contributed by atoms with Crippen molar-refractivity contribution >= 4 is 17.7 Å². The number of amides is 3. The van der Waals surface area contributed by atoms with E-state index >= 15 is 0 Å². The first-order valence-corrected chi connectivity index (χ1v) is 7.32. The Balaban J connectivity index is 1.69. The van der Waals surface area contributed by atoms with Crippen molar-refractivity contribution in [2.75, 3.05) is 19.6 Å². The molecule has 0 atom stereocenters. The van der Waals surface area contributed by atoms with Crippen molar-refractivity contribution in [3.63, 3.8) is 0 Å². The molecule has 0 radical (unpaired) electrons. The molecule has 1 aromatic rings. The number of fused-ring (bicyclic) bond motifs is 1. The molecule has 5 nitrogen and oxygen atoms in total. The van der Waals surface area contributed by atoms with Gasteiger partial charge in [0.15, 0.2) is 0 Å². The molecule has 0 aliphatic carbocycles. The van der Waals surface area contributed by atoms with E-state index in [1.807, 2.05) is 17.9 Å². The van der Waals surface area contributed by atoms with Crippen LogP contribution in [0.25, 0.3) is 0 Å². The van der Waals surface area contributed by atoms with E-state index < -0.39 is 0 Å². The predicted octanol–water partition coefficient (Wildman–Crippen LogP) is 1.60. The molecule has 3 amide bonds. The van der Waals surface area contributed by atoms with E-state index in [9.17, 15) is 14.4 Å². The maximum absolute atomic E-state index is 12.3. The minimum absolute atomic E-state index is 0.0280. The van der Waals surface area contributed by atoms with Crippen LogP contribution in [-0.4, -0.2) is 47.2 Å². The van der Waals surface area contributed by atoms with Crippen LogP contribution in [0.1, 0.15) is 45.5 Å². The second kappa shape index (κ2) is 5.31. The van der Waals surface area contributed by atoms with Crippen LogP contribution in [0.2, 0.25) is 0 Å². The number of hydrogen-bond acceptors (Lipinski definition) is 3. The molecule has 0 aromatic heterocycles. The van der Waals surface area contributed by atoms with Crippen molar-refractivity contribution in [1.29, 1.82) is 0 Å². The Labute approximate surface area is 123 Å². The molecule has 2 aliphatic rings. The Hall–Kier alpha value is -2.17. The van der Waals surface area contributed by atoms with Gasteiger partial charge < -0.3 is 4.90 Å². The topological polar surface area (TPSA) is 57.7 Å². The zero-order valence-corrected chi connectivity index (χ0v) is 12.1. The van der Waals surface area contributed by atoms with Crippen LogP contribution in [0.15, 0.2) is 18.2 Å². The summed E-state index contributed by atoms with van der Waals surface area (Å²) in [5.74, 6) is -0.544. The SMILES string of the molecule is Cc1ccc2c(c1)C(=O)N(CCC(=O)N1CCCC1)C2=O. The summed E-state index contributed by atoms with van der Waals surface area (Å²) in [5, 5.41) is 0. The summed E-state index contributed by atoms with van der Waals surface area (Å²) in [6.07, 6.45) is 2.29. The van der Waals surface area contributed by atoms with Gasteiger partial charge in [0, 0.05) is 26.1 Å². The maximum atomic E-state index is 12.3. The Bertz CT molecular complexity index is 618. The highest BCUT2D eigenvalue weighted by atomic mass is 16.2. The van der Waals surface area contributed by atoms with Gasteiger partial charge in [-0.2, -0.15) is 0 Å². The van der Waals surface area contributed by atoms with Gasteiger partial charge in [0.25, 0.3) is 11.8 Å². The Kier molecular flexibility index (Phi) is 3.49. The van der Waals surface area contributed by atoms with Crippen molar-refractivity contribution < 1.29 is 14.4 Å². The zero-order valence-electron chi connectivity index (χ0n) is 12.1. The number of carbonyl (C=O) groups is 3. The molecule has 21 heavy (non-hydrogen) atoms. The molecule has 1 aromatic carbocycles. The van der Waals surface area contributed by atoms with E-state index in [0.717, 1.165) is 31.5 Å². The maximum Gasteiger partial charge on any atom is 0.261 e. The summed E-state index contributed by atoms with van der Waals surface area (Å²) in [7, 11) is 0. The van der Waals surface area contributed by atoms with Gasteiger partial charge in [-0.25, -0.2) is 0 Å². The quantitative estimate of drug-likeness (QED) is 0.793. The van der Waals surface area contributed by atoms with Crippen LogP contribution in [0.4, 0.5) is 0 Å². The van der Waals surface area contributed by atoms with Crippen molar-refractivity contribution in [3.05, 3.63) is 34.9 Å². The van der Waals surface area contributed by atoms with Gasteiger partial charge in [0.1, 0.15) is 0 Å². The highest BCUT2D eigenvalue weighted by molar-refractivity contribution is 6.21. The first-order chi connectivity index (χ1) is 10.1. The molecule has 5 heteroatoms. The lowest BCUT2D eigenvalue weighted by Gasteiger charge is -2.18. The van der Waals surface area contributed by atoms with E-state index in [2.05, 4.69) is 0 Å². The van der Waals surface area contributed by atoms with Gasteiger partial charge in [-0.15, -0.1) is 0 Å². The van der Waals surface area contributed by atoms with Gasteiger partial charge in [0.2, 0.25) is 5.91 Å². The molecule has 0 unspecified atom stereocenters. The molecule has 2 heterocycles. The molecule has 1 saturated heterocycles. The average Bonchev–Trinajstić information content (AvgIpc) is 3.07. The predicted molar refractivity (Wildman–Crippen MR) is 77.0 cm³/mol. The Morgan fingerprint density at radius 3 is 2.48 bits per heavy atom. The highest BCUT2D eigenvalue weighted by Crippen LogP contribution is 2.24. The van der Waals surface area contributed by atoms with Crippen LogP contribution in [0.3, 0.4) is 0 Å². The molecule has 1 fully saturated rings. The number of hydrogen-bond donors (Lipinski definition) is 0. The summed E-state index contributed by atoms with van der Waals surface area (Å²) in [4.78, 5) is 39.5. The highest BCUT2D eigenvalue weighted by Gasteiger charge is 2.35. The van der Waals surface area contributed by atoms with Crippen molar-refractivity contribution in [3.8, 4) is 0 Å². The first kappa shape index (κ1) is 13.8. The largest absolute Gasteiger partial charge is 0.343 e. The molecule has 0 N–H and O–H groups in total. The van der Waals surface area contributed by atoms with E-state index in [-0.39, 0.29) is 30.7 Å². The summed E-state index contributed by atoms with van der Waals surface area (Å²) in [6.45, 7) is 3.64. The number of likely N-dealkylation sites (tertiary alicyclic amines) is 1. The number of nitrogens with zero attached hydrogens (tertiary/aromatic N) is 2. The molecule has 2 aliphatic heterocycles. The fraction of sp³-hybridized carbons (Fsp3) is 0.438. The monoisotopic (exact) mass is 286 g/mol. The van der Waals surface area contributed by atoms with E-state index in [1.54, 1.807) is 12.1 Å². The van der Waals surface area contributed by atoms with Crippen LogP contribution in [0, 0.1) is 6.92 Å². The Morgan fingerprint density at radius 1 is 1.10 bits per heavy atom. The fourth-order valence-corrected chi connectivity index (χ4v) is 2.94. The fourth-order valence-electron chi connectivity index (χ4n) is 2.94. The van der Waals surface area contributed by atoms with Crippen molar-refractivity contribution in [2.45, 2.75) is 26.2 Å². The van der Waals surface area contributed by atoms with Gasteiger partial charge in [-0.1, -0.05) is 11.6 Å². The second-order valence-corrected chi connectivity index (χ2v) is 5.65. The van der Waals surface area contributed by atoms with Crippen LogP contribution in [0.5, 0.6) is 0 Å². The number of benzene rings is 1. The minimum Gasteiger partial charge on any atom is -0.343 e. The summed E-state index contributed by atoms with van der Waals surface area (Å²) >= 11 is 0. The lowest BCUT2D eigenvalue weighted by atomic mass is 10.1. The van der Waals surface area contributed by atoms with Gasteiger partial charge >= 0.3 is 0 Å². The number of imide groups is 1. The van der Waals surface area contributed by atoms with E-state index in [4.69, 9.17) is 0 Å². The minimum atomic E-state index is -0.288. The molecular formula is C16H18N2O3. The smallest absolute Gasteiger partial charge is 0.261 e. The van der Waals surface area contributed by atoms with E-state index in [0.29, 0.717) is 11.1 Å². The summed E-state index contributed by atoms with van der Waals surface area (Å²) in [5.41, 5.74) is 1.85. The third kappa shape index (κ3) is 2.44. The number of rotatable bonds is 3. The first-order valence-electron chi connectivity index (χ1n) is 7.32. The van der Waals surface area contributed by atoms with Crippen LogP contribution in [-0.2, 0) is 4.79 Å². The summed E-state index contributed by atoms with van der Waals surface area (Å²) in [6, 6.07) is 5.24. The lowest BCUT2D eigenvalue weighted by Crippen LogP contribution is -2.35. The lowest BCUT2D eigenvalue weighted by molar-refractivity contribution is -0.130. The second-order valence-electron chi connectivity index (χ2n) is 5.65.